The zero-order valence-corrected chi connectivity index (χ0v) is 19.6. The Balaban J connectivity index is 1.68. The van der Waals surface area contributed by atoms with E-state index in [0.29, 0.717) is 23.9 Å². The molecule has 0 amide bonds. The Labute approximate surface area is 193 Å². The van der Waals surface area contributed by atoms with E-state index in [-0.39, 0.29) is 11.2 Å². The molecule has 7 heteroatoms. The number of thiophene rings is 1. The first kappa shape index (κ1) is 20.8. The molecule has 0 aliphatic carbocycles. The van der Waals surface area contributed by atoms with Crippen LogP contribution in [0, 0.1) is 0 Å². The fourth-order valence-corrected chi connectivity index (χ4v) is 6.28. The third-order valence-electron chi connectivity index (χ3n) is 5.40. The van der Waals surface area contributed by atoms with E-state index in [9.17, 15) is 4.79 Å². The molecule has 1 aliphatic rings. The first-order valence-electron chi connectivity index (χ1n) is 10.1. The highest BCUT2D eigenvalue weighted by Crippen LogP contribution is 2.38. The summed E-state index contributed by atoms with van der Waals surface area (Å²) in [6.07, 6.45) is 0.708. The molecule has 0 spiro atoms. The number of nitrogens with zero attached hydrogens (tertiary/aromatic N) is 2. The van der Waals surface area contributed by atoms with E-state index in [0.717, 1.165) is 36.9 Å². The second-order valence-electron chi connectivity index (χ2n) is 8.16. The molecule has 5 rings (SSSR count). The van der Waals surface area contributed by atoms with Gasteiger partial charge in [0.15, 0.2) is 5.16 Å². The van der Waals surface area contributed by atoms with E-state index in [2.05, 4.69) is 13.8 Å². The first-order valence-corrected chi connectivity index (χ1v) is 12.2. The molecule has 0 saturated heterocycles. The standard InChI is InChI=1S/C24H21ClN2O2S2/c1-24(2)12-17-19(13-29-24)31-21-20(17)22(28)27(16-9-4-3-5-10-16)23(26-21)30-14-15-8-6-7-11-18(15)25/h3-11H,12-14H2,1-2H3. The van der Waals surface area contributed by atoms with E-state index in [4.69, 9.17) is 21.3 Å². The van der Waals surface area contributed by atoms with Crippen LogP contribution in [0.3, 0.4) is 0 Å². The molecule has 0 atom stereocenters. The molecule has 0 unspecified atom stereocenters. The minimum atomic E-state index is -0.289. The zero-order valence-electron chi connectivity index (χ0n) is 17.2. The van der Waals surface area contributed by atoms with Gasteiger partial charge in [-0.05, 0) is 43.2 Å². The van der Waals surface area contributed by atoms with E-state index in [1.165, 1.54) is 11.8 Å². The Bertz CT molecular complexity index is 1330. The van der Waals surface area contributed by atoms with Crippen LogP contribution in [-0.4, -0.2) is 15.2 Å². The highest BCUT2D eigenvalue weighted by Gasteiger charge is 2.31. The number of ether oxygens (including phenoxy) is 1. The van der Waals surface area contributed by atoms with Crippen molar-refractivity contribution < 1.29 is 4.74 Å². The second-order valence-corrected chi connectivity index (χ2v) is 10.6. The van der Waals surface area contributed by atoms with E-state index >= 15 is 0 Å². The van der Waals surface area contributed by atoms with Gasteiger partial charge in [0.1, 0.15) is 4.83 Å². The summed E-state index contributed by atoms with van der Waals surface area (Å²) in [6, 6.07) is 17.5. The highest BCUT2D eigenvalue weighted by molar-refractivity contribution is 7.98. The number of benzene rings is 2. The number of fused-ring (bicyclic) bond motifs is 3. The predicted molar refractivity (Wildman–Crippen MR) is 129 cm³/mol. The van der Waals surface area contributed by atoms with Gasteiger partial charge in [0.2, 0.25) is 0 Å². The van der Waals surface area contributed by atoms with Crippen molar-refractivity contribution in [3.8, 4) is 5.69 Å². The molecule has 4 nitrogen and oxygen atoms in total. The number of para-hydroxylation sites is 1. The van der Waals surface area contributed by atoms with Crippen LogP contribution in [0.2, 0.25) is 5.02 Å². The van der Waals surface area contributed by atoms with Crippen molar-refractivity contribution >= 4 is 44.9 Å². The van der Waals surface area contributed by atoms with Crippen molar-refractivity contribution in [3.63, 3.8) is 0 Å². The fourth-order valence-electron chi connectivity index (χ4n) is 3.83. The number of thioether (sulfide) groups is 1. The van der Waals surface area contributed by atoms with Crippen LogP contribution < -0.4 is 5.56 Å². The topological polar surface area (TPSA) is 44.1 Å². The van der Waals surface area contributed by atoms with Crippen LogP contribution in [0.15, 0.2) is 64.5 Å². The van der Waals surface area contributed by atoms with Crippen molar-refractivity contribution in [2.45, 2.75) is 43.4 Å². The number of hydrogen-bond donors (Lipinski definition) is 0. The van der Waals surface area contributed by atoms with Crippen molar-refractivity contribution in [1.82, 2.24) is 9.55 Å². The zero-order chi connectivity index (χ0) is 21.6. The third-order valence-corrected chi connectivity index (χ3v) is 7.86. The Morgan fingerprint density at radius 1 is 1.16 bits per heavy atom. The first-order chi connectivity index (χ1) is 14.9. The maximum atomic E-state index is 13.8. The van der Waals surface area contributed by atoms with Gasteiger partial charge in [-0.3, -0.25) is 9.36 Å². The SMILES string of the molecule is CC1(C)Cc2c(sc3nc(SCc4ccccc4Cl)n(-c4ccccc4)c(=O)c23)CO1. The molecule has 4 aromatic rings. The van der Waals surface area contributed by atoms with Crippen LogP contribution in [-0.2, 0) is 23.5 Å². The summed E-state index contributed by atoms with van der Waals surface area (Å²) in [7, 11) is 0. The Morgan fingerprint density at radius 3 is 2.68 bits per heavy atom. The molecule has 0 fully saturated rings. The average molecular weight is 469 g/mol. The van der Waals surface area contributed by atoms with Crippen LogP contribution in [0.4, 0.5) is 0 Å². The van der Waals surface area contributed by atoms with Crippen LogP contribution in [0.1, 0.15) is 29.9 Å². The Morgan fingerprint density at radius 2 is 1.90 bits per heavy atom. The lowest BCUT2D eigenvalue weighted by Crippen LogP contribution is -2.32. The molecule has 158 valence electrons. The maximum absolute atomic E-state index is 13.8. The molecule has 0 radical (unpaired) electrons. The molecule has 0 bridgehead atoms. The molecule has 0 N–H and O–H groups in total. The Kier molecular flexibility index (Phi) is 5.42. The van der Waals surface area contributed by atoms with Crippen LogP contribution >= 0.6 is 34.7 Å². The number of rotatable bonds is 4. The van der Waals surface area contributed by atoms with Gasteiger partial charge in [-0.1, -0.05) is 59.8 Å². The van der Waals surface area contributed by atoms with E-state index in [1.54, 1.807) is 15.9 Å². The number of hydrogen-bond acceptors (Lipinski definition) is 5. The van der Waals surface area contributed by atoms with Gasteiger partial charge in [-0.2, -0.15) is 0 Å². The summed E-state index contributed by atoms with van der Waals surface area (Å²) in [4.78, 5) is 20.7. The normalized spacial score (nSPS) is 15.2. The summed E-state index contributed by atoms with van der Waals surface area (Å²) < 4.78 is 7.71. The van der Waals surface area contributed by atoms with Gasteiger partial charge >= 0.3 is 0 Å². The molecular formula is C24H21ClN2O2S2. The molecular weight excluding hydrogens is 448 g/mol. The number of halogens is 1. The smallest absolute Gasteiger partial charge is 0.267 e. The second kappa shape index (κ2) is 8.10. The van der Waals surface area contributed by atoms with Crippen molar-refractivity contribution in [1.29, 1.82) is 0 Å². The molecule has 2 aromatic carbocycles. The molecule has 1 aliphatic heterocycles. The largest absolute Gasteiger partial charge is 0.370 e. The average Bonchev–Trinajstić information content (AvgIpc) is 3.10. The van der Waals surface area contributed by atoms with Crippen molar-refractivity contribution in [2.75, 3.05) is 0 Å². The summed E-state index contributed by atoms with van der Waals surface area (Å²) in [6.45, 7) is 4.66. The van der Waals surface area contributed by atoms with E-state index in [1.807, 2.05) is 54.6 Å². The summed E-state index contributed by atoms with van der Waals surface area (Å²) in [5, 5.41) is 2.11. The molecule has 0 saturated carbocycles. The lowest BCUT2D eigenvalue weighted by molar-refractivity contribution is -0.0379. The molecule has 31 heavy (non-hydrogen) atoms. The lowest BCUT2D eigenvalue weighted by atomic mass is 9.94. The minimum absolute atomic E-state index is 0.0203. The van der Waals surface area contributed by atoms with Gasteiger partial charge in [-0.25, -0.2) is 4.98 Å². The third kappa shape index (κ3) is 3.94. The van der Waals surface area contributed by atoms with Gasteiger partial charge < -0.3 is 4.74 Å². The van der Waals surface area contributed by atoms with Gasteiger partial charge in [-0.15, -0.1) is 11.3 Å². The Hall–Kier alpha value is -2.12. The molecule has 3 heterocycles. The van der Waals surface area contributed by atoms with Crippen LogP contribution in [0.5, 0.6) is 0 Å². The van der Waals surface area contributed by atoms with E-state index < -0.39 is 0 Å². The van der Waals surface area contributed by atoms with Gasteiger partial charge in [0, 0.05) is 22.1 Å². The molecule has 2 aromatic heterocycles. The highest BCUT2D eigenvalue weighted by atomic mass is 35.5. The van der Waals surface area contributed by atoms with Gasteiger partial charge in [0.25, 0.3) is 5.56 Å². The quantitative estimate of drug-likeness (QED) is 0.262. The monoisotopic (exact) mass is 468 g/mol. The summed E-state index contributed by atoms with van der Waals surface area (Å²) in [5.41, 5.74) is 2.61. The van der Waals surface area contributed by atoms with Gasteiger partial charge in [0.05, 0.1) is 23.3 Å². The summed E-state index contributed by atoms with van der Waals surface area (Å²) in [5.74, 6) is 0.631. The fraction of sp³-hybridized carbons (Fsp3) is 0.250. The van der Waals surface area contributed by atoms with Crippen LogP contribution in [0.25, 0.3) is 15.9 Å². The number of aromatic nitrogens is 2. The minimum Gasteiger partial charge on any atom is -0.370 e. The van der Waals surface area contributed by atoms with Crippen molar-refractivity contribution in [3.05, 3.63) is 86.0 Å². The van der Waals surface area contributed by atoms with Crippen molar-refractivity contribution in [2.24, 2.45) is 0 Å². The maximum Gasteiger partial charge on any atom is 0.267 e. The summed E-state index contributed by atoms with van der Waals surface area (Å²) >= 11 is 9.45. The lowest BCUT2D eigenvalue weighted by Gasteiger charge is -2.29. The predicted octanol–water partition coefficient (Wildman–Crippen LogP) is 6.24.